The zero-order chi connectivity index (χ0) is 17.0. The number of pyridine rings is 1. The quantitative estimate of drug-likeness (QED) is 0.888. The van der Waals surface area contributed by atoms with Crippen LogP contribution in [0.3, 0.4) is 0 Å². The largest absolute Gasteiger partial charge is 0.425 e. The van der Waals surface area contributed by atoms with Gasteiger partial charge in [-0.25, -0.2) is 4.79 Å². The van der Waals surface area contributed by atoms with E-state index in [4.69, 9.17) is 0 Å². The van der Waals surface area contributed by atoms with Gasteiger partial charge in [-0.2, -0.15) is 13.2 Å². The average molecular weight is 343 g/mol. The molecule has 8 heteroatoms. The van der Waals surface area contributed by atoms with Gasteiger partial charge in [0, 0.05) is 23.3 Å². The van der Waals surface area contributed by atoms with Crippen LogP contribution in [0.25, 0.3) is 0 Å². The number of carbonyl (C=O) groups excluding carboxylic acids is 1. The fourth-order valence-corrected chi connectivity index (χ4v) is 2.76. The van der Waals surface area contributed by atoms with E-state index in [1.54, 1.807) is 6.20 Å². The number of rotatable bonds is 4. The van der Waals surface area contributed by atoms with Gasteiger partial charge in [-0.1, -0.05) is 0 Å². The van der Waals surface area contributed by atoms with Crippen molar-refractivity contribution in [3.05, 3.63) is 51.0 Å². The molecule has 0 aromatic carbocycles. The summed E-state index contributed by atoms with van der Waals surface area (Å²) in [4.78, 5) is 15.6. The predicted octanol–water partition coefficient (Wildman–Crippen LogP) is 3.78. The Bertz CT molecular complexity index is 698. The van der Waals surface area contributed by atoms with E-state index in [0.717, 1.165) is 22.9 Å². The first kappa shape index (κ1) is 17.3. The summed E-state index contributed by atoms with van der Waals surface area (Å²) in [5, 5.41) is 5.20. The van der Waals surface area contributed by atoms with Crippen molar-refractivity contribution >= 4 is 17.4 Å². The molecule has 0 aliphatic rings. The molecule has 0 atom stereocenters. The molecule has 2 heterocycles. The van der Waals surface area contributed by atoms with E-state index in [2.05, 4.69) is 15.6 Å². The van der Waals surface area contributed by atoms with Crippen LogP contribution in [0.4, 0.5) is 18.0 Å². The van der Waals surface area contributed by atoms with Gasteiger partial charge in [-0.05, 0) is 43.2 Å². The van der Waals surface area contributed by atoms with E-state index in [1.165, 1.54) is 6.07 Å². The Morgan fingerprint density at radius 2 is 1.91 bits per heavy atom. The normalized spacial score (nSPS) is 11.3. The minimum absolute atomic E-state index is 0.0533. The summed E-state index contributed by atoms with van der Waals surface area (Å²) in [5.41, 5.74) is 2.81. The van der Waals surface area contributed by atoms with Crippen LogP contribution in [-0.2, 0) is 19.3 Å². The summed E-state index contributed by atoms with van der Waals surface area (Å²) in [6.07, 6.45) is -2.65. The molecular formula is C15H16F3N3OS. The van der Waals surface area contributed by atoms with Crippen molar-refractivity contribution in [2.75, 3.05) is 0 Å². The molecule has 0 fully saturated rings. The van der Waals surface area contributed by atoms with Crippen molar-refractivity contribution in [1.82, 2.24) is 15.6 Å². The first-order chi connectivity index (χ1) is 10.8. The number of carbonyl (C=O) groups is 1. The Morgan fingerprint density at radius 3 is 2.52 bits per heavy atom. The van der Waals surface area contributed by atoms with E-state index in [-0.39, 0.29) is 6.54 Å². The number of aromatic nitrogens is 1. The second-order valence-electron chi connectivity index (χ2n) is 5.05. The lowest BCUT2D eigenvalue weighted by molar-refractivity contribution is -0.134. The molecule has 23 heavy (non-hydrogen) atoms. The highest BCUT2D eigenvalue weighted by Crippen LogP contribution is 2.34. The van der Waals surface area contributed by atoms with Crippen molar-refractivity contribution in [3.8, 4) is 0 Å². The predicted molar refractivity (Wildman–Crippen MR) is 82.1 cm³/mol. The van der Waals surface area contributed by atoms with Crippen LogP contribution in [-0.4, -0.2) is 11.0 Å². The van der Waals surface area contributed by atoms with Gasteiger partial charge < -0.3 is 10.6 Å². The first-order valence-electron chi connectivity index (χ1n) is 6.85. The number of aryl methyl sites for hydroxylation is 2. The van der Waals surface area contributed by atoms with E-state index in [0.29, 0.717) is 22.8 Å². The molecule has 2 aromatic heterocycles. The second kappa shape index (κ2) is 6.99. The topological polar surface area (TPSA) is 54.0 Å². The maximum Gasteiger partial charge on any atom is 0.425 e. The van der Waals surface area contributed by atoms with E-state index >= 15 is 0 Å². The molecule has 0 bridgehead atoms. The molecule has 0 radical (unpaired) electrons. The number of hydrogen-bond acceptors (Lipinski definition) is 3. The van der Waals surface area contributed by atoms with Crippen LogP contribution in [0.2, 0.25) is 0 Å². The molecule has 0 aliphatic carbocycles. The molecule has 2 aromatic rings. The maximum atomic E-state index is 12.5. The van der Waals surface area contributed by atoms with Gasteiger partial charge in [-0.15, -0.1) is 11.3 Å². The van der Waals surface area contributed by atoms with E-state index in [9.17, 15) is 18.0 Å². The third-order valence-corrected chi connectivity index (χ3v) is 4.29. The smallest absolute Gasteiger partial charge is 0.334 e. The van der Waals surface area contributed by atoms with Crippen LogP contribution in [0.15, 0.2) is 24.4 Å². The fourth-order valence-electron chi connectivity index (χ4n) is 1.94. The van der Waals surface area contributed by atoms with Crippen LogP contribution in [0.1, 0.15) is 26.6 Å². The van der Waals surface area contributed by atoms with Gasteiger partial charge in [0.05, 0.1) is 6.54 Å². The lowest BCUT2D eigenvalue weighted by atomic mass is 10.1. The number of nitrogens with zero attached hydrogens (tertiary/aromatic N) is 1. The Labute approximate surface area is 135 Å². The van der Waals surface area contributed by atoms with Crippen LogP contribution in [0.5, 0.6) is 0 Å². The Balaban J connectivity index is 1.82. The zero-order valence-electron chi connectivity index (χ0n) is 12.6. The molecule has 0 unspecified atom stereocenters. The molecule has 0 aliphatic heterocycles. The number of halogens is 3. The standard InChI is InChI=1S/C15H16F3N3OS/c1-9-5-10(2)19-6-11(9)7-20-14(22)21-8-12-3-4-13(23-12)15(16,17)18/h3-6H,7-8H2,1-2H3,(H2,20,21,22). The number of amides is 2. The molecule has 4 nitrogen and oxygen atoms in total. The summed E-state index contributed by atoms with van der Waals surface area (Å²) in [5.74, 6) is 0. The molecule has 2 amide bonds. The van der Waals surface area contributed by atoms with Crippen LogP contribution in [0, 0.1) is 13.8 Å². The number of hydrogen-bond donors (Lipinski definition) is 2. The van der Waals surface area contributed by atoms with Crippen molar-refractivity contribution in [3.63, 3.8) is 0 Å². The van der Waals surface area contributed by atoms with Gasteiger partial charge >= 0.3 is 12.2 Å². The number of nitrogens with one attached hydrogen (secondary N) is 2. The third-order valence-electron chi connectivity index (χ3n) is 3.16. The minimum Gasteiger partial charge on any atom is -0.334 e. The minimum atomic E-state index is -4.35. The molecule has 0 saturated heterocycles. The summed E-state index contributed by atoms with van der Waals surface area (Å²) in [6, 6.07) is 3.86. The highest BCUT2D eigenvalue weighted by Gasteiger charge is 2.32. The van der Waals surface area contributed by atoms with Gasteiger partial charge in [0.25, 0.3) is 0 Å². The maximum absolute atomic E-state index is 12.5. The molecule has 0 saturated carbocycles. The fraction of sp³-hybridized carbons (Fsp3) is 0.333. The first-order valence-corrected chi connectivity index (χ1v) is 7.67. The number of thiophene rings is 1. The van der Waals surface area contributed by atoms with Gasteiger partial charge in [-0.3, -0.25) is 4.98 Å². The van der Waals surface area contributed by atoms with Crippen LogP contribution < -0.4 is 10.6 Å². The van der Waals surface area contributed by atoms with Gasteiger partial charge in [0.2, 0.25) is 0 Å². The van der Waals surface area contributed by atoms with Crippen molar-refractivity contribution in [2.24, 2.45) is 0 Å². The lowest BCUT2D eigenvalue weighted by Gasteiger charge is -2.09. The third kappa shape index (κ3) is 4.95. The van der Waals surface area contributed by atoms with E-state index in [1.807, 2.05) is 19.9 Å². The SMILES string of the molecule is Cc1cc(C)c(CNC(=O)NCc2ccc(C(F)(F)F)s2)cn1. The Kier molecular flexibility index (Phi) is 5.25. The monoisotopic (exact) mass is 343 g/mol. The number of urea groups is 1. The second-order valence-corrected chi connectivity index (χ2v) is 6.22. The summed E-state index contributed by atoms with van der Waals surface area (Å²) in [6.45, 7) is 4.17. The summed E-state index contributed by atoms with van der Waals surface area (Å²) < 4.78 is 37.4. The van der Waals surface area contributed by atoms with Crippen molar-refractivity contribution in [2.45, 2.75) is 33.1 Å². The Hall–Kier alpha value is -2.09. The van der Waals surface area contributed by atoms with Gasteiger partial charge in [0.1, 0.15) is 4.88 Å². The molecule has 2 rings (SSSR count). The highest BCUT2D eigenvalue weighted by molar-refractivity contribution is 7.12. The lowest BCUT2D eigenvalue weighted by Crippen LogP contribution is -2.34. The molecule has 124 valence electrons. The van der Waals surface area contributed by atoms with Crippen molar-refractivity contribution in [1.29, 1.82) is 0 Å². The summed E-state index contributed by atoms with van der Waals surface area (Å²) >= 11 is 0.623. The summed E-state index contributed by atoms with van der Waals surface area (Å²) in [7, 11) is 0. The highest BCUT2D eigenvalue weighted by atomic mass is 32.1. The Morgan fingerprint density at radius 1 is 1.22 bits per heavy atom. The van der Waals surface area contributed by atoms with Gasteiger partial charge in [0.15, 0.2) is 0 Å². The van der Waals surface area contributed by atoms with Crippen LogP contribution >= 0.6 is 11.3 Å². The van der Waals surface area contributed by atoms with E-state index < -0.39 is 17.1 Å². The molecule has 2 N–H and O–H groups in total. The average Bonchev–Trinajstić information content (AvgIpc) is 2.93. The zero-order valence-corrected chi connectivity index (χ0v) is 13.4. The van der Waals surface area contributed by atoms with Crippen molar-refractivity contribution < 1.29 is 18.0 Å². The number of alkyl halides is 3. The molecular weight excluding hydrogens is 327 g/mol. The molecule has 0 spiro atoms.